The third-order valence-corrected chi connectivity index (χ3v) is 4.03. The van der Waals surface area contributed by atoms with Crippen LogP contribution in [0.15, 0.2) is 42.5 Å². The second-order valence-corrected chi connectivity index (χ2v) is 5.40. The van der Waals surface area contributed by atoms with Gasteiger partial charge in [0.2, 0.25) is 5.91 Å². The Morgan fingerprint density at radius 1 is 1.06 bits per heavy atom. The van der Waals surface area contributed by atoms with Gasteiger partial charge in [-0.05, 0) is 22.8 Å². The van der Waals surface area contributed by atoms with Crippen LogP contribution in [-0.4, -0.2) is 16.4 Å². The van der Waals surface area contributed by atoms with Crippen molar-refractivity contribution in [1.29, 1.82) is 0 Å². The van der Waals surface area contributed by atoms with E-state index in [1.807, 2.05) is 42.5 Å². The molecule has 0 radical (unpaired) electrons. The minimum atomic E-state index is -0.302. The Hall–Kier alpha value is -1.81. The average Bonchev–Trinajstić information content (AvgIpc) is 2.68. The molecule has 1 saturated heterocycles. The third kappa shape index (κ3) is 1.99. The predicted molar refractivity (Wildman–Crippen MR) is 72.6 cm³/mol. The Kier molecular flexibility index (Phi) is 2.80. The van der Waals surface area contributed by atoms with E-state index in [1.54, 1.807) is 0 Å². The Morgan fingerprint density at radius 2 is 1.83 bits per heavy atom. The summed E-state index contributed by atoms with van der Waals surface area (Å²) in [6.07, 6.45) is 0.587. The summed E-state index contributed by atoms with van der Waals surface area (Å²) in [5, 5.41) is 4.08. The highest BCUT2D eigenvalue weighted by Gasteiger charge is 2.31. The maximum Gasteiger partial charge on any atom is 0.286 e. The van der Waals surface area contributed by atoms with E-state index in [4.69, 9.17) is 0 Å². The molecule has 1 N–H and O–H groups in total. The van der Waals surface area contributed by atoms with E-state index in [0.717, 1.165) is 28.1 Å². The molecule has 3 nitrogen and oxygen atoms in total. The smallest absolute Gasteiger partial charge is 0.286 e. The van der Waals surface area contributed by atoms with Gasteiger partial charge in [-0.1, -0.05) is 54.2 Å². The normalized spacial score (nSPS) is 19.2. The fourth-order valence-electron chi connectivity index (χ4n) is 2.20. The van der Waals surface area contributed by atoms with E-state index in [-0.39, 0.29) is 16.4 Å². The molecule has 0 bridgehead atoms. The van der Waals surface area contributed by atoms with Crippen LogP contribution in [-0.2, 0) is 11.2 Å². The molecular weight excluding hydrogens is 246 g/mol. The number of hydrogen-bond donors (Lipinski definition) is 1. The molecule has 1 aliphatic rings. The summed E-state index contributed by atoms with van der Waals surface area (Å²) in [4.78, 5) is 22.7. The molecule has 0 unspecified atom stereocenters. The second-order valence-electron chi connectivity index (χ2n) is 4.23. The molecule has 2 aromatic rings. The highest BCUT2D eigenvalue weighted by molar-refractivity contribution is 8.15. The Morgan fingerprint density at radius 3 is 2.61 bits per heavy atom. The lowest BCUT2D eigenvalue weighted by Gasteiger charge is -2.08. The van der Waals surface area contributed by atoms with Crippen molar-refractivity contribution < 1.29 is 9.59 Å². The Labute approximate surface area is 109 Å². The van der Waals surface area contributed by atoms with E-state index in [1.165, 1.54) is 0 Å². The van der Waals surface area contributed by atoms with E-state index in [0.29, 0.717) is 6.42 Å². The number of carbonyl (C=O) groups excluding carboxylic acids is 2. The predicted octanol–water partition coefficient (Wildman–Crippen LogP) is 2.73. The summed E-state index contributed by atoms with van der Waals surface area (Å²) >= 11 is 1.08. The van der Waals surface area contributed by atoms with Gasteiger partial charge in [-0.2, -0.15) is 0 Å². The summed E-state index contributed by atoms with van der Waals surface area (Å²) < 4.78 is 0. The van der Waals surface area contributed by atoms with Crippen molar-refractivity contribution in [1.82, 2.24) is 5.32 Å². The van der Waals surface area contributed by atoms with Crippen molar-refractivity contribution >= 4 is 33.7 Å². The summed E-state index contributed by atoms with van der Waals surface area (Å²) in [5.74, 6) is -0.182. The zero-order valence-electron chi connectivity index (χ0n) is 9.55. The van der Waals surface area contributed by atoms with Gasteiger partial charge in [0.1, 0.15) is 0 Å². The maximum absolute atomic E-state index is 11.6. The van der Waals surface area contributed by atoms with Gasteiger partial charge in [-0.15, -0.1) is 0 Å². The Balaban J connectivity index is 1.95. The maximum atomic E-state index is 11.6. The molecule has 1 atom stereocenters. The summed E-state index contributed by atoms with van der Waals surface area (Å²) in [7, 11) is 0. The van der Waals surface area contributed by atoms with E-state index < -0.39 is 0 Å². The van der Waals surface area contributed by atoms with Gasteiger partial charge in [0.25, 0.3) is 5.24 Å². The first-order chi connectivity index (χ1) is 8.74. The molecule has 1 heterocycles. The first kappa shape index (κ1) is 11.3. The number of benzene rings is 2. The zero-order chi connectivity index (χ0) is 12.5. The van der Waals surface area contributed by atoms with Crippen LogP contribution in [0, 0.1) is 0 Å². The summed E-state index contributed by atoms with van der Waals surface area (Å²) in [6.45, 7) is 0. The zero-order valence-corrected chi connectivity index (χ0v) is 10.4. The molecule has 2 amide bonds. The topological polar surface area (TPSA) is 46.2 Å². The Bertz CT molecular complexity index is 633. The van der Waals surface area contributed by atoms with Crippen LogP contribution in [0.5, 0.6) is 0 Å². The molecule has 2 aromatic carbocycles. The molecule has 3 rings (SSSR count). The molecule has 0 saturated carbocycles. The van der Waals surface area contributed by atoms with Crippen molar-refractivity contribution in [2.45, 2.75) is 11.7 Å². The van der Waals surface area contributed by atoms with Crippen molar-refractivity contribution in [2.24, 2.45) is 0 Å². The number of rotatable bonds is 2. The number of nitrogens with one attached hydrogen (secondary N) is 1. The first-order valence-electron chi connectivity index (χ1n) is 5.72. The fourth-order valence-corrected chi connectivity index (χ4v) is 3.04. The van der Waals surface area contributed by atoms with E-state index in [2.05, 4.69) is 5.32 Å². The van der Waals surface area contributed by atoms with E-state index in [9.17, 15) is 9.59 Å². The lowest BCUT2D eigenvalue weighted by molar-refractivity contribution is -0.118. The standard InChI is InChI=1S/C14H11NO2S/c16-13-12(18-14(17)15-13)8-10-6-3-5-9-4-1-2-7-11(9)10/h1-7,12H,8H2,(H,15,16,17)/t12-/m0/s1. The van der Waals surface area contributed by atoms with Crippen LogP contribution in [0.1, 0.15) is 5.56 Å². The van der Waals surface area contributed by atoms with Gasteiger partial charge in [-0.3, -0.25) is 14.9 Å². The molecule has 1 aliphatic heterocycles. The minimum absolute atomic E-state index is 0.182. The van der Waals surface area contributed by atoms with Crippen LogP contribution in [0.3, 0.4) is 0 Å². The second kappa shape index (κ2) is 4.46. The minimum Gasteiger partial charge on any atom is -0.286 e. The van der Waals surface area contributed by atoms with Crippen LogP contribution < -0.4 is 5.32 Å². The molecule has 0 aromatic heterocycles. The van der Waals surface area contributed by atoms with Gasteiger partial charge in [0.05, 0.1) is 5.25 Å². The highest BCUT2D eigenvalue weighted by atomic mass is 32.2. The lowest BCUT2D eigenvalue weighted by Crippen LogP contribution is -2.25. The quantitative estimate of drug-likeness (QED) is 0.899. The number of amides is 2. The molecule has 90 valence electrons. The van der Waals surface area contributed by atoms with Crippen LogP contribution in [0.25, 0.3) is 10.8 Å². The van der Waals surface area contributed by atoms with Gasteiger partial charge >= 0.3 is 0 Å². The lowest BCUT2D eigenvalue weighted by atomic mass is 10.0. The van der Waals surface area contributed by atoms with Gasteiger partial charge in [0, 0.05) is 0 Å². The van der Waals surface area contributed by atoms with Crippen molar-refractivity contribution in [3.8, 4) is 0 Å². The molecule has 1 fully saturated rings. The monoisotopic (exact) mass is 257 g/mol. The molecule has 0 spiro atoms. The summed E-state index contributed by atoms with van der Waals surface area (Å²) in [6, 6.07) is 14.1. The van der Waals surface area contributed by atoms with Gasteiger partial charge in [-0.25, -0.2) is 0 Å². The number of carbonyl (C=O) groups is 2. The van der Waals surface area contributed by atoms with E-state index >= 15 is 0 Å². The van der Waals surface area contributed by atoms with Crippen LogP contribution in [0.4, 0.5) is 4.79 Å². The van der Waals surface area contributed by atoms with Crippen LogP contribution in [0.2, 0.25) is 0 Å². The number of fused-ring (bicyclic) bond motifs is 1. The fraction of sp³-hybridized carbons (Fsp3) is 0.143. The van der Waals surface area contributed by atoms with Crippen LogP contribution >= 0.6 is 11.8 Å². The van der Waals surface area contributed by atoms with Crippen molar-refractivity contribution in [2.75, 3.05) is 0 Å². The number of imide groups is 1. The highest BCUT2D eigenvalue weighted by Crippen LogP contribution is 2.26. The van der Waals surface area contributed by atoms with Crippen molar-refractivity contribution in [3.05, 3.63) is 48.0 Å². The SMILES string of the molecule is O=C1NC(=O)[C@H](Cc2cccc3ccccc23)S1. The van der Waals surface area contributed by atoms with Gasteiger partial charge < -0.3 is 0 Å². The molecule has 18 heavy (non-hydrogen) atoms. The first-order valence-corrected chi connectivity index (χ1v) is 6.60. The van der Waals surface area contributed by atoms with Crippen molar-refractivity contribution in [3.63, 3.8) is 0 Å². The largest absolute Gasteiger partial charge is 0.286 e. The molecular formula is C14H11NO2S. The number of hydrogen-bond acceptors (Lipinski definition) is 3. The van der Waals surface area contributed by atoms with Gasteiger partial charge in [0.15, 0.2) is 0 Å². The average molecular weight is 257 g/mol. The third-order valence-electron chi connectivity index (χ3n) is 3.05. The molecule has 0 aliphatic carbocycles. The summed E-state index contributed by atoms with van der Waals surface area (Å²) in [5.41, 5.74) is 1.11. The molecule has 4 heteroatoms. The number of thioether (sulfide) groups is 1.